The van der Waals surface area contributed by atoms with Crippen molar-refractivity contribution in [2.45, 2.75) is 12.4 Å². The van der Waals surface area contributed by atoms with Gasteiger partial charge in [-0.05, 0) is 59.7 Å². The van der Waals surface area contributed by atoms with Crippen molar-refractivity contribution in [1.82, 2.24) is 19.5 Å². The number of alkyl halides is 6. The minimum Gasteiger partial charge on any atom is -0.455 e. The summed E-state index contributed by atoms with van der Waals surface area (Å²) in [5.41, 5.74) is 1.24. The summed E-state index contributed by atoms with van der Waals surface area (Å²) in [6, 6.07) is 50.1. The number of para-hydroxylation sites is 2. The summed E-state index contributed by atoms with van der Waals surface area (Å²) < 4.78 is 100. The molecule has 0 aliphatic rings. The van der Waals surface area contributed by atoms with Crippen molar-refractivity contribution in [1.29, 1.82) is 0 Å². The van der Waals surface area contributed by atoms with Crippen LogP contribution in [0.5, 0.6) is 0 Å². The van der Waals surface area contributed by atoms with Crippen LogP contribution in [0.15, 0.2) is 186 Å². The Morgan fingerprint density at radius 1 is 0.391 bits per heavy atom. The van der Waals surface area contributed by atoms with Gasteiger partial charge in [-0.1, -0.05) is 133 Å². The number of halogens is 6. The summed E-state index contributed by atoms with van der Waals surface area (Å²) in [5, 5.41) is 3.01. The Balaban J connectivity index is 1.33. The third-order valence-corrected chi connectivity index (χ3v) is 11.5. The van der Waals surface area contributed by atoms with Gasteiger partial charge in [0.25, 0.3) is 0 Å². The monoisotopic (exact) mass is 852 g/mol. The highest BCUT2D eigenvalue weighted by Crippen LogP contribution is 2.50. The predicted octanol–water partition coefficient (Wildman–Crippen LogP) is 15.2. The molecule has 11 rings (SSSR count). The molecule has 5 nitrogen and oxygen atoms in total. The second-order valence-corrected chi connectivity index (χ2v) is 15.3. The van der Waals surface area contributed by atoms with E-state index in [1.165, 1.54) is 36.4 Å². The summed E-state index contributed by atoms with van der Waals surface area (Å²) in [4.78, 5) is 14.5. The fraction of sp³-hybridized carbons (Fsp3) is 0.0377. The van der Waals surface area contributed by atoms with Crippen LogP contribution in [0.25, 0.3) is 106 Å². The zero-order chi connectivity index (χ0) is 43.7. The number of nitrogens with zero attached hydrogens (tertiary/aromatic N) is 4. The second-order valence-electron chi connectivity index (χ2n) is 15.3. The smallest absolute Gasteiger partial charge is 0.417 e. The van der Waals surface area contributed by atoms with Crippen molar-refractivity contribution >= 4 is 43.7 Å². The normalized spacial score (nSPS) is 12.2. The average Bonchev–Trinajstić information content (AvgIpc) is 3.87. The molecule has 0 atom stereocenters. The van der Waals surface area contributed by atoms with Crippen molar-refractivity contribution in [2.75, 3.05) is 0 Å². The molecule has 0 N–H and O–H groups in total. The summed E-state index contributed by atoms with van der Waals surface area (Å²) >= 11 is 0. The standard InChI is InChI=1S/C53H30F6N4O/c54-52(55,56)41-23-11-7-19-34(41)39-29-33(51-61-49(31-15-3-1-4-16-31)60-50(62-51)32-17-5-2-6-18-32)30-40(35-20-8-12-24-42(35)53(57,58)59)47(39)63-43-25-13-9-22-38(43)46-44(63)28-27-37-36-21-10-14-26-45(36)64-48(37)46/h1-30H. The van der Waals surface area contributed by atoms with Crippen molar-refractivity contribution in [3.05, 3.63) is 193 Å². The van der Waals surface area contributed by atoms with Crippen molar-refractivity contribution in [3.63, 3.8) is 0 Å². The Labute approximate surface area is 360 Å². The van der Waals surface area contributed by atoms with E-state index in [2.05, 4.69) is 0 Å². The molecule has 8 aromatic carbocycles. The van der Waals surface area contributed by atoms with Gasteiger partial charge >= 0.3 is 12.4 Å². The molecular weight excluding hydrogens is 823 g/mol. The maximum atomic E-state index is 15.3. The van der Waals surface area contributed by atoms with E-state index in [0.717, 1.165) is 22.9 Å². The number of aromatic nitrogens is 4. The summed E-state index contributed by atoms with van der Waals surface area (Å²) in [6.45, 7) is 0. The molecule has 0 aliphatic carbocycles. The lowest BCUT2D eigenvalue weighted by molar-refractivity contribution is -0.137. The molecular formula is C53H30F6N4O. The van der Waals surface area contributed by atoms with Crippen LogP contribution >= 0.6 is 0 Å². The molecule has 0 aliphatic heterocycles. The van der Waals surface area contributed by atoms with Gasteiger partial charge < -0.3 is 8.98 Å². The molecule has 0 spiro atoms. The fourth-order valence-electron chi connectivity index (χ4n) is 8.76. The van der Waals surface area contributed by atoms with Crippen molar-refractivity contribution in [3.8, 4) is 62.1 Å². The van der Waals surface area contributed by atoms with Gasteiger partial charge in [0.1, 0.15) is 11.2 Å². The lowest BCUT2D eigenvalue weighted by Gasteiger charge is -2.24. The molecule has 0 bridgehead atoms. The maximum Gasteiger partial charge on any atom is 0.417 e. The lowest BCUT2D eigenvalue weighted by Crippen LogP contribution is -2.11. The highest BCUT2D eigenvalue weighted by atomic mass is 19.4. The quantitative estimate of drug-likeness (QED) is 0.156. The first kappa shape index (κ1) is 38.8. The summed E-state index contributed by atoms with van der Waals surface area (Å²) in [6.07, 6.45) is -9.72. The van der Waals surface area contributed by atoms with E-state index in [0.29, 0.717) is 44.1 Å². The molecule has 0 amide bonds. The number of fused-ring (bicyclic) bond motifs is 7. The van der Waals surface area contributed by atoms with Gasteiger partial charge in [0.15, 0.2) is 17.5 Å². The Hall–Kier alpha value is -8.05. The largest absolute Gasteiger partial charge is 0.455 e. The van der Waals surface area contributed by atoms with E-state index in [4.69, 9.17) is 19.4 Å². The van der Waals surface area contributed by atoms with Gasteiger partial charge in [-0.15, -0.1) is 0 Å². The Morgan fingerprint density at radius 2 is 0.859 bits per heavy atom. The van der Waals surface area contributed by atoms with Gasteiger partial charge in [0, 0.05) is 44.0 Å². The third-order valence-electron chi connectivity index (χ3n) is 11.5. The van der Waals surface area contributed by atoms with Crippen LogP contribution in [0, 0.1) is 0 Å². The number of hydrogen-bond acceptors (Lipinski definition) is 4. The van der Waals surface area contributed by atoms with Crippen LogP contribution in [0.3, 0.4) is 0 Å². The molecule has 11 heteroatoms. The number of benzene rings is 8. The van der Waals surface area contributed by atoms with Crippen LogP contribution in [0.4, 0.5) is 26.3 Å². The lowest BCUT2D eigenvalue weighted by atomic mass is 9.88. The maximum absolute atomic E-state index is 15.3. The van der Waals surface area contributed by atoms with Gasteiger partial charge in [-0.25, -0.2) is 15.0 Å². The van der Waals surface area contributed by atoms with Crippen molar-refractivity contribution in [2.24, 2.45) is 0 Å². The van der Waals surface area contributed by atoms with Gasteiger partial charge in [0.05, 0.1) is 33.2 Å². The summed E-state index contributed by atoms with van der Waals surface area (Å²) in [7, 11) is 0. The Morgan fingerprint density at radius 3 is 1.42 bits per heavy atom. The Bertz CT molecular complexity index is 3460. The molecule has 0 unspecified atom stereocenters. The molecule has 0 saturated heterocycles. The highest BCUT2D eigenvalue weighted by Gasteiger charge is 2.37. The minimum atomic E-state index is -4.86. The van der Waals surface area contributed by atoms with Crippen LogP contribution in [0.2, 0.25) is 0 Å². The molecule has 0 saturated carbocycles. The SMILES string of the molecule is FC(F)(F)c1ccccc1-c1cc(-c2nc(-c3ccccc3)nc(-c3ccccc3)n2)cc(-c2ccccc2C(F)(F)F)c1-n1c2ccccc2c2c3oc4ccccc4c3ccc21. The van der Waals surface area contributed by atoms with Crippen LogP contribution in [-0.2, 0) is 12.4 Å². The molecule has 3 aromatic heterocycles. The van der Waals surface area contributed by atoms with Gasteiger partial charge in [0.2, 0.25) is 0 Å². The Kier molecular flexibility index (Phi) is 8.98. The molecule has 3 heterocycles. The van der Waals surface area contributed by atoms with E-state index in [9.17, 15) is 0 Å². The minimum absolute atomic E-state index is 0.00677. The first-order valence-corrected chi connectivity index (χ1v) is 20.3. The molecule has 0 fully saturated rings. The fourth-order valence-corrected chi connectivity index (χ4v) is 8.76. The van der Waals surface area contributed by atoms with Crippen LogP contribution in [0.1, 0.15) is 11.1 Å². The average molecular weight is 853 g/mol. The van der Waals surface area contributed by atoms with E-state index >= 15 is 26.3 Å². The summed E-state index contributed by atoms with van der Waals surface area (Å²) in [5.74, 6) is 0.572. The van der Waals surface area contributed by atoms with E-state index in [1.807, 2.05) is 109 Å². The number of furan rings is 1. The molecule has 310 valence electrons. The topological polar surface area (TPSA) is 56.7 Å². The van der Waals surface area contributed by atoms with E-state index in [1.54, 1.807) is 28.8 Å². The first-order chi connectivity index (χ1) is 31.0. The van der Waals surface area contributed by atoms with E-state index < -0.39 is 23.5 Å². The molecule has 64 heavy (non-hydrogen) atoms. The van der Waals surface area contributed by atoms with Gasteiger partial charge in [-0.2, -0.15) is 26.3 Å². The van der Waals surface area contributed by atoms with Crippen LogP contribution < -0.4 is 0 Å². The highest BCUT2D eigenvalue weighted by molar-refractivity contribution is 6.24. The molecule has 0 radical (unpaired) electrons. The second kappa shape index (κ2) is 14.8. The molecule has 11 aromatic rings. The number of rotatable bonds is 6. The van der Waals surface area contributed by atoms with Crippen LogP contribution in [-0.4, -0.2) is 19.5 Å². The van der Waals surface area contributed by atoms with E-state index in [-0.39, 0.29) is 51.0 Å². The zero-order valence-electron chi connectivity index (χ0n) is 33.3. The van der Waals surface area contributed by atoms with Crippen molar-refractivity contribution < 1.29 is 30.8 Å². The third kappa shape index (κ3) is 6.47. The number of hydrogen-bond donors (Lipinski definition) is 0. The predicted molar refractivity (Wildman–Crippen MR) is 239 cm³/mol. The zero-order valence-corrected chi connectivity index (χ0v) is 33.3. The first-order valence-electron chi connectivity index (χ1n) is 20.3. The van der Waals surface area contributed by atoms with Gasteiger partial charge in [-0.3, -0.25) is 0 Å².